The Morgan fingerprint density at radius 2 is 1.57 bits per heavy atom. The molecule has 3 rings (SSSR count). The summed E-state index contributed by atoms with van der Waals surface area (Å²) in [5.41, 5.74) is 1.17. The second kappa shape index (κ2) is 9.30. The van der Waals surface area contributed by atoms with Gasteiger partial charge in [-0.1, -0.05) is 13.8 Å². The molecule has 0 atom stereocenters. The highest BCUT2D eigenvalue weighted by Crippen LogP contribution is 2.24. The van der Waals surface area contributed by atoms with E-state index in [1.54, 1.807) is 7.11 Å². The lowest BCUT2D eigenvalue weighted by atomic mass is 9.94. The van der Waals surface area contributed by atoms with E-state index in [1.165, 1.54) is 5.69 Å². The number of carbonyl (C=O) groups is 2. The number of likely N-dealkylation sites (tertiary alicyclic amines) is 1. The number of amides is 2. The molecule has 0 unspecified atom stereocenters. The number of anilines is 1. The van der Waals surface area contributed by atoms with E-state index >= 15 is 0 Å². The van der Waals surface area contributed by atoms with Gasteiger partial charge in [0.2, 0.25) is 11.8 Å². The molecule has 2 amide bonds. The second-order valence-corrected chi connectivity index (χ2v) is 8.26. The van der Waals surface area contributed by atoms with Crippen molar-refractivity contribution < 1.29 is 14.3 Å². The molecular weight excluding hydrogens is 354 g/mol. The van der Waals surface area contributed by atoms with Crippen LogP contribution >= 0.6 is 0 Å². The molecule has 0 N–H and O–H groups in total. The third-order valence-electron chi connectivity index (χ3n) is 5.81. The zero-order valence-electron chi connectivity index (χ0n) is 17.4. The van der Waals surface area contributed by atoms with Gasteiger partial charge in [-0.05, 0) is 43.0 Å². The lowest BCUT2D eigenvalue weighted by Crippen LogP contribution is -2.52. The van der Waals surface area contributed by atoms with Crippen LogP contribution in [0.1, 0.15) is 33.1 Å². The Hall–Kier alpha value is -2.24. The summed E-state index contributed by atoms with van der Waals surface area (Å²) < 4.78 is 5.22. The maximum Gasteiger partial charge on any atom is 0.225 e. The Morgan fingerprint density at radius 3 is 2.11 bits per heavy atom. The van der Waals surface area contributed by atoms with Gasteiger partial charge < -0.3 is 19.4 Å². The minimum absolute atomic E-state index is 0.0654. The van der Waals surface area contributed by atoms with Gasteiger partial charge in [0.15, 0.2) is 0 Å². The molecule has 2 aliphatic heterocycles. The van der Waals surface area contributed by atoms with E-state index in [1.807, 2.05) is 21.9 Å². The third kappa shape index (κ3) is 4.97. The summed E-state index contributed by atoms with van der Waals surface area (Å²) in [6, 6.07) is 8.09. The van der Waals surface area contributed by atoms with Crippen molar-refractivity contribution in [2.24, 2.45) is 11.8 Å². The quantitative estimate of drug-likeness (QED) is 0.779. The molecule has 0 spiro atoms. The molecule has 1 aromatic carbocycles. The number of nitrogens with zero attached hydrogens (tertiary/aromatic N) is 3. The first-order valence-corrected chi connectivity index (χ1v) is 10.4. The van der Waals surface area contributed by atoms with E-state index in [4.69, 9.17) is 4.74 Å². The summed E-state index contributed by atoms with van der Waals surface area (Å²) in [6.45, 7) is 8.79. The Balaban J connectivity index is 1.46. The largest absolute Gasteiger partial charge is 0.497 e. The van der Waals surface area contributed by atoms with Crippen LogP contribution in [-0.4, -0.2) is 68.0 Å². The van der Waals surface area contributed by atoms with E-state index < -0.39 is 0 Å². The smallest absolute Gasteiger partial charge is 0.225 e. The van der Waals surface area contributed by atoms with Gasteiger partial charge in [-0.3, -0.25) is 9.59 Å². The number of hydrogen-bond donors (Lipinski definition) is 0. The van der Waals surface area contributed by atoms with E-state index in [0.717, 1.165) is 44.8 Å². The first kappa shape index (κ1) is 20.5. The van der Waals surface area contributed by atoms with Gasteiger partial charge in [0.25, 0.3) is 0 Å². The van der Waals surface area contributed by atoms with Crippen LogP contribution < -0.4 is 9.64 Å². The van der Waals surface area contributed by atoms with Crippen molar-refractivity contribution in [3.63, 3.8) is 0 Å². The van der Waals surface area contributed by atoms with Crippen molar-refractivity contribution in [2.45, 2.75) is 33.1 Å². The highest BCUT2D eigenvalue weighted by Gasteiger charge is 2.31. The summed E-state index contributed by atoms with van der Waals surface area (Å²) in [5.74, 6) is 1.81. The van der Waals surface area contributed by atoms with Crippen LogP contribution in [0.5, 0.6) is 5.75 Å². The molecule has 6 heteroatoms. The standard InChI is InChI=1S/C22H33N3O3/c1-17(2)16-21(26)24-10-8-18(9-11-24)22(27)25-14-12-23(13-15-25)19-4-6-20(28-3)7-5-19/h4-7,17-18H,8-16H2,1-3H3. The molecule has 2 saturated heterocycles. The summed E-state index contributed by atoms with van der Waals surface area (Å²) in [5, 5.41) is 0. The summed E-state index contributed by atoms with van der Waals surface area (Å²) in [4.78, 5) is 31.4. The number of rotatable bonds is 5. The Labute approximate surface area is 168 Å². The maximum absolute atomic E-state index is 12.9. The summed E-state index contributed by atoms with van der Waals surface area (Å²) >= 11 is 0. The van der Waals surface area contributed by atoms with Crippen molar-refractivity contribution in [3.05, 3.63) is 24.3 Å². The highest BCUT2D eigenvalue weighted by molar-refractivity contribution is 5.80. The number of carbonyl (C=O) groups excluding carboxylic acids is 2. The molecule has 154 valence electrons. The number of piperidine rings is 1. The lowest BCUT2D eigenvalue weighted by Gasteiger charge is -2.39. The maximum atomic E-state index is 12.9. The SMILES string of the molecule is COc1ccc(N2CCN(C(=O)C3CCN(C(=O)CC(C)C)CC3)CC2)cc1. The van der Waals surface area contributed by atoms with Crippen molar-refractivity contribution in [1.82, 2.24) is 9.80 Å². The van der Waals surface area contributed by atoms with E-state index in [-0.39, 0.29) is 17.7 Å². The van der Waals surface area contributed by atoms with Crippen molar-refractivity contribution >= 4 is 17.5 Å². The van der Waals surface area contributed by atoms with Crippen LogP contribution in [0.2, 0.25) is 0 Å². The van der Waals surface area contributed by atoms with Gasteiger partial charge in [-0.2, -0.15) is 0 Å². The number of hydrogen-bond acceptors (Lipinski definition) is 4. The molecule has 0 aliphatic carbocycles. The molecule has 2 fully saturated rings. The topological polar surface area (TPSA) is 53.1 Å². The number of benzene rings is 1. The fraction of sp³-hybridized carbons (Fsp3) is 0.636. The normalized spacial score (nSPS) is 18.5. The zero-order valence-corrected chi connectivity index (χ0v) is 17.4. The van der Waals surface area contributed by atoms with Crippen molar-refractivity contribution in [3.8, 4) is 5.75 Å². The molecule has 0 bridgehead atoms. The fourth-order valence-electron chi connectivity index (χ4n) is 4.09. The predicted octanol–water partition coefficient (Wildman–Crippen LogP) is 2.63. The van der Waals surface area contributed by atoms with Crippen LogP contribution in [0.4, 0.5) is 5.69 Å². The van der Waals surface area contributed by atoms with Crippen molar-refractivity contribution in [2.75, 3.05) is 51.3 Å². The van der Waals surface area contributed by atoms with Crippen LogP contribution in [0.15, 0.2) is 24.3 Å². The van der Waals surface area contributed by atoms with Gasteiger partial charge in [0.1, 0.15) is 5.75 Å². The van der Waals surface area contributed by atoms with Crippen LogP contribution in [0.25, 0.3) is 0 Å². The number of piperazine rings is 1. The summed E-state index contributed by atoms with van der Waals surface area (Å²) in [7, 11) is 1.67. The minimum atomic E-state index is 0.0654. The number of ether oxygens (including phenoxy) is 1. The fourth-order valence-corrected chi connectivity index (χ4v) is 4.09. The van der Waals surface area contributed by atoms with Gasteiger partial charge >= 0.3 is 0 Å². The van der Waals surface area contributed by atoms with Crippen LogP contribution in [-0.2, 0) is 9.59 Å². The van der Waals surface area contributed by atoms with E-state index in [9.17, 15) is 9.59 Å². The second-order valence-electron chi connectivity index (χ2n) is 8.26. The molecule has 2 heterocycles. The summed E-state index contributed by atoms with van der Waals surface area (Å²) in [6.07, 6.45) is 2.19. The monoisotopic (exact) mass is 387 g/mol. The molecule has 6 nitrogen and oxygen atoms in total. The number of methoxy groups -OCH3 is 1. The molecule has 0 aromatic heterocycles. The average molecular weight is 388 g/mol. The third-order valence-corrected chi connectivity index (χ3v) is 5.81. The zero-order chi connectivity index (χ0) is 20.1. The highest BCUT2D eigenvalue weighted by atomic mass is 16.5. The lowest BCUT2D eigenvalue weighted by molar-refractivity contribution is -0.141. The molecule has 1 aromatic rings. The van der Waals surface area contributed by atoms with Gasteiger partial charge in [0, 0.05) is 57.3 Å². The first-order chi connectivity index (χ1) is 13.5. The molecule has 2 aliphatic rings. The molecule has 28 heavy (non-hydrogen) atoms. The van der Waals surface area contributed by atoms with Gasteiger partial charge in [-0.15, -0.1) is 0 Å². The van der Waals surface area contributed by atoms with Crippen LogP contribution in [0, 0.1) is 11.8 Å². The first-order valence-electron chi connectivity index (χ1n) is 10.4. The molecular formula is C22H33N3O3. The van der Waals surface area contributed by atoms with Crippen LogP contribution in [0.3, 0.4) is 0 Å². The van der Waals surface area contributed by atoms with Gasteiger partial charge in [-0.25, -0.2) is 0 Å². The molecule has 0 saturated carbocycles. The Bertz CT molecular complexity index is 658. The Morgan fingerprint density at radius 1 is 0.964 bits per heavy atom. The Kier molecular flexibility index (Phi) is 6.81. The van der Waals surface area contributed by atoms with E-state index in [0.29, 0.717) is 25.4 Å². The van der Waals surface area contributed by atoms with Crippen molar-refractivity contribution in [1.29, 1.82) is 0 Å². The average Bonchev–Trinajstić information content (AvgIpc) is 2.73. The van der Waals surface area contributed by atoms with E-state index in [2.05, 4.69) is 30.9 Å². The predicted molar refractivity (Wildman–Crippen MR) is 111 cm³/mol. The molecule has 0 radical (unpaired) electrons. The minimum Gasteiger partial charge on any atom is -0.497 e. The van der Waals surface area contributed by atoms with Gasteiger partial charge in [0.05, 0.1) is 7.11 Å².